The highest BCUT2D eigenvalue weighted by Gasteiger charge is 2.10. The predicted octanol–water partition coefficient (Wildman–Crippen LogP) is 1.69. The number of nitriles is 1. The summed E-state index contributed by atoms with van der Waals surface area (Å²) in [4.78, 5) is 3.90. The van der Waals surface area contributed by atoms with Crippen LogP contribution in [-0.4, -0.2) is 28.2 Å². The molecule has 0 saturated heterocycles. The first kappa shape index (κ1) is 10.4. The molecule has 0 saturated carbocycles. The Balaban J connectivity index is 3.34. The van der Waals surface area contributed by atoms with Gasteiger partial charge in [0.2, 0.25) is 0 Å². The van der Waals surface area contributed by atoms with Crippen molar-refractivity contribution in [2.45, 2.75) is 0 Å². The van der Waals surface area contributed by atoms with Crippen LogP contribution in [0.3, 0.4) is 0 Å². The van der Waals surface area contributed by atoms with E-state index >= 15 is 0 Å². The van der Waals surface area contributed by atoms with Gasteiger partial charge in [-0.15, -0.1) is 0 Å². The summed E-state index contributed by atoms with van der Waals surface area (Å²) < 4.78 is 0. The molecular formula is C11H15N3. The SMILES string of the molecule is CN(C)c1cccc(N(C)C)c1C#N. The van der Waals surface area contributed by atoms with Crippen molar-refractivity contribution in [3.63, 3.8) is 0 Å². The minimum absolute atomic E-state index is 0.725. The Morgan fingerprint density at radius 3 is 1.71 bits per heavy atom. The Labute approximate surface area is 85.2 Å². The topological polar surface area (TPSA) is 30.3 Å². The molecule has 0 aliphatic carbocycles. The monoisotopic (exact) mass is 189 g/mol. The molecule has 0 spiro atoms. The highest BCUT2D eigenvalue weighted by atomic mass is 15.1. The molecule has 0 bridgehead atoms. The van der Waals surface area contributed by atoms with Gasteiger partial charge in [0.25, 0.3) is 0 Å². The van der Waals surface area contributed by atoms with E-state index in [0.29, 0.717) is 0 Å². The lowest BCUT2D eigenvalue weighted by Gasteiger charge is -2.20. The van der Waals surface area contributed by atoms with Gasteiger partial charge in [-0.1, -0.05) is 6.07 Å². The van der Waals surface area contributed by atoms with Crippen LogP contribution < -0.4 is 9.80 Å². The highest BCUT2D eigenvalue weighted by Crippen LogP contribution is 2.26. The van der Waals surface area contributed by atoms with Gasteiger partial charge in [-0.05, 0) is 12.1 Å². The lowest BCUT2D eigenvalue weighted by atomic mass is 10.1. The third kappa shape index (κ3) is 1.80. The molecule has 1 aromatic carbocycles. The smallest absolute Gasteiger partial charge is 0.104 e. The summed E-state index contributed by atoms with van der Waals surface area (Å²) in [7, 11) is 7.76. The van der Waals surface area contributed by atoms with Crippen molar-refractivity contribution in [2.24, 2.45) is 0 Å². The van der Waals surface area contributed by atoms with E-state index in [-0.39, 0.29) is 0 Å². The Bertz CT molecular complexity index is 335. The maximum Gasteiger partial charge on any atom is 0.104 e. The summed E-state index contributed by atoms with van der Waals surface area (Å²) in [5.74, 6) is 0. The van der Waals surface area contributed by atoms with Crippen molar-refractivity contribution in [1.29, 1.82) is 5.26 Å². The molecule has 1 rings (SSSR count). The number of hydrogen-bond donors (Lipinski definition) is 0. The second kappa shape index (κ2) is 4.01. The molecule has 14 heavy (non-hydrogen) atoms. The van der Waals surface area contributed by atoms with E-state index < -0.39 is 0 Å². The van der Waals surface area contributed by atoms with Gasteiger partial charge in [-0.2, -0.15) is 5.26 Å². The Hall–Kier alpha value is -1.69. The summed E-state index contributed by atoms with van der Waals surface area (Å²) in [5, 5.41) is 9.09. The average Bonchev–Trinajstić information content (AvgIpc) is 2.16. The van der Waals surface area contributed by atoms with E-state index in [1.54, 1.807) is 0 Å². The van der Waals surface area contributed by atoms with E-state index in [9.17, 15) is 0 Å². The van der Waals surface area contributed by atoms with Crippen LogP contribution >= 0.6 is 0 Å². The van der Waals surface area contributed by atoms with Gasteiger partial charge in [-0.3, -0.25) is 0 Å². The zero-order valence-electron chi connectivity index (χ0n) is 9.07. The van der Waals surface area contributed by atoms with Crippen LogP contribution in [0.25, 0.3) is 0 Å². The molecule has 0 atom stereocenters. The number of hydrogen-bond acceptors (Lipinski definition) is 3. The average molecular weight is 189 g/mol. The Morgan fingerprint density at radius 2 is 1.43 bits per heavy atom. The second-order valence-corrected chi connectivity index (χ2v) is 3.57. The quantitative estimate of drug-likeness (QED) is 0.709. The normalized spacial score (nSPS) is 9.36. The zero-order chi connectivity index (χ0) is 10.7. The maximum atomic E-state index is 9.09. The maximum absolute atomic E-state index is 9.09. The van der Waals surface area contributed by atoms with Crippen LogP contribution in [0.5, 0.6) is 0 Å². The first-order valence-corrected chi connectivity index (χ1v) is 4.45. The van der Waals surface area contributed by atoms with Crippen molar-refractivity contribution < 1.29 is 0 Å². The van der Waals surface area contributed by atoms with E-state index in [1.807, 2.05) is 56.2 Å². The molecule has 74 valence electrons. The lowest BCUT2D eigenvalue weighted by Crippen LogP contribution is -2.15. The van der Waals surface area contributed by atoms with Crippen LogP contribution in [0.2, 0.25) is 0 Å². The number of benzene rings is 1. The molecule has 0 heterocycles. The molecule has 0 amide bonds. The van der Waals surface area contributed by atoms with E-state index in [0.717, 1.165) is 16.9 Å². The highest BCUT2D eigenvalue weighted by molar-refractivity contribution is 5.72. The minimum atomic E-state index is 0.725. The van der Waals surface area contributed by atoms with Gasteiger partial charge in [0.15, 0.2) is 0 Å². The number of nitrogens with zero attached hydrogens (tertiary/aromatic N) is 3. The number of anilines is 2. The molecule has 0 radical (unpaired) electrons. The lowest BCUT2D eigenvalue weighted by molar-refractivity contribution is 1.09. The fraction of sp³-hybridized carbons (Fsp3) is 0.364. The van der Waals surface area contributed by atoms with Gasteiger partial charge >= 0.3 is 0 Å². The van der Waals surface area contributed by atoms with Crippen molar-refractivity contribution in [3.8, 4) is 6.07 Å². The summed E-state index contributed by atoms with van der Waals surface area (Å²) in [6, 6.07) is 8.11. The second-order valence-electron chi connectivity index (χ2n) is 3.57. The van der Waals surface area contributed by atoms with Gasteiger partial charge < -0.3 is 9.80 Å². The van der Waals surface area contributed by atoms with Gasteiger partial charge in [0.05, 0.1) is 16.9 Å². The van der Waals surface area contributed by atoms with Crippen molar-refractivity contribution in [3.05, 3.63) is 23.8 Å². The predicted molar refractivity (Wildman–Crippen MR) is 59.8 cm³/mol. The summed E-state index contributed by atoms with van der Waals surface area (Å²) in [6.07, 6.45) is 0. The van der Waals surface area contributed by atoms with Crippen LogP contribution in [-0.2, 0) is 0 Å². The van der Waals surface area contributed by atoms with Gasteiger partial charge in [0, 0.05) is 28.2 Å². The standard InChI is InChI=1S/C11H15N3/c1-13(2)10-6-5-7-11(14(3)4)9(10)8-12/h5-7H,1-4H3. The first-order valence-electron chi connectivity index (χ1n) is 4.45. The molecule has 3 heteroatoms. The van der Waals surface area contributed by atoms with Gasteiger partial charge in [0.1, 0.15) is 6.07 Å². The van der Waals surface area contributed by atoms with E-state index in [2.05, 4.69) is 6.07 Å². The van der Waals surface area contributed by atoms with Gasteiger partial charge in [-0.25, -0.2) is 0 Å². The van der Waals surface area contributed by atoms with Crippen molar-refractivity contribution in [1.82, 2.24) is 0 Å². The summed E-state index contributed by atoms with van der Waals surface area (Å²) in [5.41, 5.74) is 2.64. The van der Waals surface area contributed by atoms with E-state index in [4.69, 9.17) is 5.26 Å². The van der Waals surface area contributed by atoms with Crippen molar-refractivity contribution >= 4 is 11.4 Å². The van der Waals surface area contributed by atoms with Crippen molar-refractivity contribution in [2.75, 3.05) is 38.0 Å². The first-order chi connectivity index (χ1) is 6.57. The van der Waals surface area contributed by atoms with E-state index in [1.165, 1.54) is 0 Å². The van der Waals surface area contributed by atoms with Crippen LogP contribution in [0.4, 0.5) is 11.4 Å². The molecule has 0 N–H and O–H groups in total. The minimum Gasteiger partial charge on any atom is -0.377 e. The molecule has 0 aliphatic heterocycles. The summed E-state index contributed by atoms with van der Waals surface area (Å²) in [6.45, 7) is 0. The molecule has 0 unspecified atom stereocenters. The molecule has 0 fully saturated rings. The Morgan fingerprint density at radius 1 is 1.00 bits per heavy atom. The molecule has 0 aliphatic rings. The molecular weight excluding hydrogens is 174 g/mol. The molecule has 3 nitrogen and oxygen atoms in total. The van der Waals surface area contributed by atoms with Crippen LogP contribution in [0.1, 0.15) is 5.56 Å². The third-order valence-electron chi connectivity index (χ3n) is 2.10. The largest absolute Gasteiger partial charge is 0.377 e. The number of rotatable bonds is 2. The van der Waals surface area contributed by atoms with Crippen LogP contribution in [0, 0.1) is 11.3 Å². The Kier molecular flexibility index (Phi) is 2.98. The molecule has 0 aromatic heterocycles. The fourth-order valence-electron chi connectivity index (χ4n) is 1.39. The zero-order valence-corrected chi connectivity index (χ0v) is 9.07. The molecule has 1 aromatic rings. The van der Waals surface area contributed by atoms with Crippen LogP contribution in [0.15, 0.2) is 18.2 Å². The third-order valence-corrected chi connectivity index (χ3v) is 2.10. The fourth-order valence-corrected chi connectivity index (χ4v) is 1.39. The summed E-state index contributed by atoms with van der Waals surface area (Å²) >= 11 is 0.